The highest BCUT2D eigenvalue weighted by molar-refractivity contribution is 5.58. The first-order valence-electron chi connectivity index (χ1n) is 4.97. The van der Waals surface area contributed by atoms with E-state index in [0.717, 1.165) is 6.07 Å². The molecule has 0 fully saturated rings. The molecule has 0 spiro atoms. The summed E-state index contributed by atoms with van der Waals surface area (Å²) in [4.78, 5) is 3.67. The van der Waals surface area contributed by atoms with Crippen LogP contribution in [0, 0.1) is 11.6 Å². The Hall–Kier alpha value is -1.71. The number of rotatable bonds is 2. The first-order valence-corrected chi connectivity index (χ1v) is 4.97. The van der Waals surface area contributed by atoms with E-state index in [2.05, 4.69) is 4.98 Å². The molecule has 2 nitrogen and oxygen atoms in total. The fraction of sp³-hybridized carbons (Fsp3) is 0.250. The molecule has 1 aromatic carbocycles. The fourth-order valence-corrected chi connectivity index (χ4v) is 1.54. The van der Waals surface area contributed by atoms with Crippen LogP contribution in [0.3, 0.4) is 0 Å². The lowest BCUT2D eigenvalue weighted by Gasteiger charge is -2.09. The molecule has 0 aliphatic heterocycles. The summed E-state index contributed by atoms with van der Waals surface area (Å²) < 4.78 is 32.3. The molecule has 0 atom stereocenters. The van der Waals surface area contributed by atoms with E-state index in [-0.39, 0.29) is 17.2 Å². The minimum absolute atomic E-state index is 0.0572. The summed E-state index contributed by atoms with van der Waals surface area (Å²) >= 11 is 0. The number of nitrogens with zero attached hydrogens (tertiary/aromatic N) is 1. The van der Waals surface area contributed by atoms with Gasteiger partial charge in [0.2, 0.25) is 0 Å². The Bertz CT molecular complexity index is 492. The van der Waals surface area contributed by atoms with Crippen LogP contribution in [-0.4, -0.2) is 4.98 Å². The Morgan fingerprint density at radius 2 is 1.94 bits per heavy atom. The monoisotopic (exact) mass is 223 g/mol. The maximum Gasteiger partial charge on any atom is 0.181 e. The summed E-state index contributed by atoms with van der Waals surface area (Å²) in [5.74, 6) is -0.755. The quantitative estimate of drug-likeness (QED) is 0.775. The molecule has 1 aromatic heterocycles. The summed E-state index contributed by atoms with van der Waals surface area (Å²) in [6.45, 7) is 3.62. The van der Waals surface area contributed by atoms with Gasteiger partial charge in [-0.3, -0.25) is 0 Å². The molecule has 2 rings (SSSR count). The van der Waals surface area contributed by atoms with Crippen molar-refractivity contribution in [3.63, 3.8) is 0 Å². The van der Waals surface area contributed by atoms with Crippen LogP contribution in [0.25, 0.3) is 11.3 Å². The molecule has 16 heavy (non-hydrogen) atoms. The van der Waals surface area contributed by atoms with Crippen LogP contribution < -0.4 is 0 Å². The molecule has 0 amide bonds. The van der Waals surface area contributed by atoms with Crippen LogP contribution in [-0.2, 0) is 0 Å². The molecule has 4 heteroatoms. The zero-order valence-corrected chi connectivity index (χ0v) is 9.00. The highest BCUT2D eigenvalue weighted by Crippen LogP contribution is 2.28. The zero-order chi connectivity index (χ0) is 11.7. The Morgan fingerprint density at radius 3 is 2.50 bits per heavy atom. The minimum atomic E-state index is -0.498. The van der Waals surface area contributed by atoms with E-state index in [9.17, 15) is 8.78 Å². The number of benzene rings is 1. The largest absolute Gasteiger partial charge is 0.443 e. The average Bonchev–Trinajstić information content (AvgIpc) is 2.73. The van der Waals surface area contributed by atoms with Crippen molar-refractivity contribution < 1.29 is 13.2 Å². The lowest BCUT2D eigenvalue weighted by Crippen LogP contribution is -1.96. The summed E-state index contributed by atoms with van der Waals surface area (Å²) in [5, 5.41) is 0. The van der Waals surface area contributed by atoms with Gasteiger partial charge in [-0.15, -0.1) is 0 Å². The molecule has 0 saturated carbocycles. The summed E-state index contributed by atoms with van der Waals surface area (Å²) in [7, 11) is 0. The smallest absolute Gasteiger partial charge is 0.181 e. The topological polar surface area (TPSA) is 26.0 Å². The van der Waals surface area contributed by atoms with Crippen LogP contribution in [0.1, 0.15) is 25.3 Å². The van der Waals surface area contributed by atoms with Gasteiger partial charge in [-0.05, 0) is 23.6 Å². The van der Waals surface area contributed by atoms with Crippen LogP contribution in [0.5, 0.6) is 0 Å². The average molecular weight is 223 g/mol. The van der Waals surface area contributed by atoms with Crippen LogP contribution >= 0.6 is 0 Å². The zero-order valence-electron chi connectivity index (χ0n) is 9.00. The van der Waals surface area contributed by atoms with Crippen molar-refractivity contribution >= 4 is 0 Å². The lowest BCUT2D eigenvalue weighted by molar-refractivity contribution is 0.550. The van der Waals surface area contributed by atoms with Crippen molar-refractivity contribution in [2.24, 2.45) is 0 Å². The van der Waals surface area contributed by atoms with E-state index in [0.29, 0.717) is 5.56 Å². The molecular formula is C12H11F2NO. The number of hydrogen-bond donors (Lipinski definition) is 0. The third-order valence-corrected chi connectivity index (χ3v) is 2.41. The second kappa shape index (κ2) is 4.04. The summed E-state index contributed by atoms with van der Waals surface area (Å²) in [6.07, 6.45) is 2.54. The van der Waals surface area contributed by atoms with E-state index < -0.39 is 11.6 Å². The van der Waals surface area contributed by atoms with E-state index in [1.165, 1.54) is 18.7 Å². The molecule has 0 unspecified atom stereocenters. The first-order chi connectivity index (χ1) is 7.59. The molecule has 0 aliphatic rings. The third-order valence-electron chi connectivity index (χ3n) is 2.41. The highest BCUT2D eigenvalue weighted by atomic mass is 19.1. The molecule has 0 N–H and O–H groups in total. The molecule has 0 aliphatic carbocycles. The van der Waals surface area contributed by atoms with Gasteiger partial charge in [0.1, 0.15) is 11.6 Å². The molecule has 1 heterocycles. The molecule has 2 aromatic rings. The van der Waals surface area contributed by atoms with Gasteiger partial charge in [-0.2, -0.15) is 0 Å². The van der Waals surface area contributed by atoms with Crippen molar-refractivity contribution in [1.29, 1.82) is 0 Å². The predicted molar refractivity (Wildman–Crippen MR) is 55.9 cm³/mol. The molecule has 0 bridgehead atoms. The molecule has 0 radical (unpaired) electrons. The van der Waals surface area contributed by atoms with Crippen molar-refractivity contribution in [2.75, 3.05) is 0 Å². The second-order valence-electron chi connectivity index (χ2n) is 3.87. The van der Waals surface area contributed by atoms with E-state index in [4.69, 9.17) is 4.42 Å². The number of hydrogen-bond acceptors (Lipinski definition) is 2. The maximum absolute atomic E-state index is 13.7. The Balaban J connectivity index is 2.54. The SMILES string of the molecule is CC(C)c1cc(F)c(-c2cnco2)cc1F. The third kappa shape index (κ3) is 1.83. The molecule has 0 saturated heterocycles. The van der Waals surface area contributed by atoms with Gasteiger partial charge in [0.15, 0.2) is 12.2 Å². The normalized spacial score (nSPS) is 11.1. The van der Waals surface area contributed by atoms with Gasteiger partial charge >= 0.3 is 0 Å². The highest BCUT2D eigenvalue weighted by Gasteiger charge is 2.15. The number of halogens is 2. The van der Waals surface area contributed by atoms with E-state index in [1.807, 2.05) is 13.8 Å². The standard InChI is InChI=1S/C12H11F2NO/c1-7(2)8-3-11(14)9(4-10(8)13)12-5-15-6-16-12/h3-7H,1-2H3. The van der Waals surface area contributed by atoms with Crippen molar-refractivity contribution in [3.05, 3.63) is 41.9 Å². The van der Waals surface area contributed by atoms with Crippen LogP contribution in [0.4, 0.5) is 8.78 Å². The van der Waals surface area contributed by atoms with Crippen LogP contribution in [0.15, 0.2) is 29.1 Å². The number of oxazole rings is 1. The Labute approximate surface area is 91.9 Å². The molecular weight excluding hydrogens is 212 g/mol. The van der Waals surface area contributed by atoms with Gasteiger partial charge < -0.3 is 4.42 Å². The second-order valence-corrected chi connectivity index (χ2v) is 3.87. The van der Waals surface area contributed by atoms with Crippen LogP contribution in [0.2, 0.25) is 0 Å². The van der Waals surface area contributed by atoms with E-state index >= 15 is 0 Å². The lowest BCUT2D eigenvalue weighted by atomic mass is 10.00. The maximum atomic E-state index is 13.7. The van der Waals surface area contributed by atoms with Crippen molar-refractivity contribution in [2.45, 2.75) is 19.8 Å². The minimum Gasteiger partial charge on any atom is -0.443 e. The first kappa shape index (κ1) is 10.8. The van der Waals surface area contributed by atoms with Gasteiger partial charge in [0, 0.05) is 0 Å². The van der Waals surface area contributed by atoms with Gasteiger partial charge in [0.25, 0.3) is 0 Å². The molecule has 84 valence electrons. The van der Waals surface area contributed by atoms with Crippen molar-refractivity contribution in [1.82, 2.24) is 4.98 Å². The van der Waals surface area contributed by atoms with Gasteiger partial charge in [-0.1, -0.05) is 13.8 Å². The van der Waals surface area contributed by atoms with Crippen molar-refractivity contribution in [3.8, 4) is 11.3 Å². The Morgan fingerprint density at radius 1 is 1.19 bits per heavy atom. The summed E-state index contributed by atoms with van der Waals surface area (Å²) in [6, 6.07) is 2.35. The van der Waals surface area contributed by atoms with Gasteiger partial charge in [0.05, 0.1) is 11.8 Å². The Kier molecular flexibility index (Phi) is 2.73. The van der Waals surface area contributed by atoms with E-state index in [1.54, 1.807) is 0 Å². The fourth-order valence-electron chi connectivity index (χ4n) is 1.54. The summed E-state index contributed by atoms with van der Waals surface area (Å²) in [5.41, 5.74) is 0.458. The predicted octanol–water partition coefficient (Wildman–Crippen LogP) is 3.74. The van der Waals surface area contributed by atoms with Gasteiger partial charge in [-0.25, -0.2) is 13.8 Å². The number of aromatic nitrogens is 1.